The van der Waals surface area contributed by atoms with Crippen molar-refractivity contribution in [2.75, 3.05) is 29.3 Å². The minimum atomic E-state index is -4.36. The molecule has 2 heterocycles. The summed E-state index contributed by atoms with van der Waals surface area (Å²) in [6.07, 6.45) is -3.00. The monoisotopic (exact) mass is 517 g/mol. The number of benzene rings is 1. The van der Waals surface area contributed by atoms with Crippen molar-refractivity contribution in [1.29, 1.82) is 0 Å². The number of halogens is 2. The average molecular weight is 518 g/mol. The van der Waals surface area contributed by atoms with Crippen molar-refractivity contribution in [3.63, 3.8) is 0 Å². The Labute approximate surface area is 202 Å². The van der Waals surface area contributed by atoms with E-state index >= 15 is 0 Å². The van der Waals surface area contributed by atoms with Gasteiger partial charge in [-0.1, -0.05) is 0 Å². The molecule has 0 aliphatic carbocycles. The first-order valence-corrected chi connectivity index (χ1v) is 12.3. The molecule has 1 atom stereocenters. The lowest BCUT2D eigenvalue weighted by Crippen LogP contribution is -2.46. The van der Waals surface area contributed by atoms with E-state index in [4.69, 9.17) is 19.9 Å². The summed E-state index contributed by atoms with van der Waals surface area (Å²) in [5, 5.41) is 6.53. The number of nitrogens with zero attached hydrogens (tertiary/aromatic N) is 3. The van der Waals surface area contributed by atoms with Crippen LogP contribution in [0.1, 0.15) is 27.7 Å². The summed E-state index contributed by atoms with van der Waals surface area (Å²) < 4.78 is 71.3. The molecular formula is C21H29F2N5O6S. The Bertz CT molecular complexity index is 1170. The fourth-order valence-electron chi connectivity index (χ4n) is 3.25. The molecule has 35 heavy (non-hydrogen) atoms. The van der Waals surface area contributed by atoms with Crippen molar-refractivity contribution >= 4 is 27.5 Å². The van der Waals surface area contributed by atoms with Gasteiger partial charge in [-0.3, -0.25) is 14.3 Å². The molecule has 0 saturated heterocycles. The number of alkyl halides is 2. The predicted molar refractivity (Wildman–Crippen MR) is 124 cm³/mol. The second-order valence-corrected chi connectivity index (χ2v) is 10.5. The summed E-state index contributed by atoms with van der Waals surface area (Å²) in [5.41, 5.74) is 5.39. The number of carbonyl (C=O) groups is 1. The van der Waals surface area contributed by atoms with Gasteiger partial charge >= 0.3 is 6.09 Å². The van der Waals surface area contributed by atoms with Gasteiger partial charge in [-0.25, -0.2) is 22.0 Å². The molecule has 11 nitrogen and oxygen atoms in total. The number of anilines is 2. The number of aryl methyl sites for hydroxylation is 1. The zero-order valence-electron chi connectivity index (χ0n) is 19.8. The second kappa shape index (κ2) is 10.2. The van der Waals surface area contributed by atoms with Crippen molar-refractivity contribution in [3.05, 3.63) is 24.4 Å². The number of hydrogen-bond acceptors (Lipinski definition) is 8. The van der Waals surface area contributed by atoms with Crippen molar-refractivity contribution in [2.45, 2.75) is 57.3 Å². The molecule has 1 aromatic heterocycles. The lowest BCUT2D eigenvalue weighted by molar-refractivity contribution is 0.0635. The largest absolute Gasteiger partial charge is 0.485 e. The lowest BCUT2D eigenvalue weighted by Gasteiger charge is -2.35. The third kappa shape index (κ3) is 6.31. The van der Waals surface area contributed by atoms with Gasteiger partial charge in [0.1, 0.15) is 17.5 Å². The predicted octanol–water partition coefficient (Wildman–Crippen LogP) is 2.81. The Morgan fingerprint density at radius 2 is 2.09 bits per heavy atom. The van der Waals surface area contributed by atoms with E-state index in [1.54, 1.807) is 27.7 Å². The molecule has 1 aromatic carbocycles. The highest BCUT2D eigenvalue weighted by molar-refractivity contribution is 7.93. The second-order valence-electron chi connectivity index (χ2n) is 8.68. The topological polar surface area (TPSA) is 138 Å². The summed E-state index contributed by atoms with van der Waals surface area (Å²) >= 11 is 0. The smallest absolute Gasteiger partial charge is 0.412 e. The van der Waals surface area contributed by atoms with Crippen molar-refractivity contribution < 1.29 is 36.2 Å². The maximum Gasteiger partial charge on any atom is 0.412 e. The quantitative estimate of drug-likeness (QED) is 0.545. The Hall–Kier alpha value is -3.13. The van der Waals surface area contributed by atoms with Gasteiger partial charge in [0.15, 0.2) is 11.5 Å². The van der Waals surface area contributed by atoms with E-state index in [9.17, 15) is 22.0 Å². The van der Waals surface area contributed by atoms with E-state index in [0.717, 1.165) is 4.31 Å². The van der Waals surface area contributed by atoms with Crippen molar-refractivity contribution in [3.8, 4) is 11.6 Å². The van der Waals surface area contributed by atoms with E-state index in [2.05, 4.69) is 10.4 Å². The van der Waals surface area contributed by atoms with Crippen LogP contribution in [-0.2, 0) is 21.3 Å². The van der Waals surface area contributed by atoms with E-state index in [1.165, 1.54) is 29.1 Å². The number of sulfonamides is 1. The first-order valence-electron chi connectivity index (χ1n) is 10.9. The highest BCUT2D eigenvalue weighted by Gasteiger charge is 2.37. The van der Waals surface area contributed by atoms with Crippen LogP contribution in [0.3, 0.4) is 0 Å². The minimum Gasteiger partial charge on any atom is -0.485 e. The highest BCUT2D eigenvalue weighted by Crippen LogP contribution is 2.40. The number of hydrogen-bond donors (Lipinski definition) is 2. The summed E-state index contributed by atoms with van der Waals surface area (Å²) in [5.74, 6) is -0.226. The number of nitrogens with two attached hydrogens (primary N) is 1. The van der Waals surface area contributed by atoms with Gasteiger partial charge < -0.3 is 19.9 Å². The third-order valence-corrected chi connectivity index (χ3v) is 6.50. The number of aromatic nitrogens is 2. The van der Waals surface area contributed by atoms with Crippen molar-refractivity contribution in [1.82, 2.24) is 9.78 Å². The average Bonchev–Trinajstić information content (AvgIpc) is 3.20. The number of amides is 1. The van der Waals surface area contributed by atoms with E-state index < -0.39 is 46.7 Å². The summed E-state index contributed by atoms with van der Waals surface area (Å²) in [4.78, 5) is 11.8. The SMILES string of the molecule is CCn1cc(S(=O)(=O)N2C[C@H](CN)Oc3ccc(NC(=O)OC(C)(C)C)cc32)c(OCC(F)F)n1. The molecule has 0 unspecified atom stereocenters. The van der Waals surface area contributed by atoms with Crippen LogP contribution >= 0.6 is 0 Å². The van der Waals surface area contributed by atoms with Crippen LogP contribution in [0.4, 0.5) is 25.0 Å². The molecule has 0 bridgehead atoms. The molecule has 1 aliphatic rings. The molecule has 3 rings (SSSR count). The molecular weight excluding hydrogens is 488 g/mol. The van der Waals surface area contributed by atoms with E-state index in [0.29, 0.717) is 0 Å². The number of ether oxygens (including phenoxy) is 3. The Morgan fingerprint density at radius 3 is 2.69 bits per heavy atom. The molecule has 1 amide bonds. The van der Waals surface area contributed by atoms with Crippen LogP contribution in [0, 0.1) is 0 Å². The maximum atomic E-state index is 13.7. The fourth-order valence-corrected chi connectivity index (χ4v) is 4.82. The molecule has 0 saturated carbocycles. The van der Waals surface area contributed by atoms with Crippen molar-refractivity contribution in [2.24, 2.45) is 5.73 Å². The summed E-state index contributed by atoms with van der Waals surface area (Å²) in [6, 6.07) is 4.43. The van der Waals surface area contributed by atoms with Crippen LogP contribution in [0.2, 0.25) is 0 Å². The number of fused-ring (bicyclic) bond motifs is 1. The van der Waals surface area contributed by atoms with Gasteiger partial charge in [-0.15, -0.1) is 5.10 Å². The van der Waals surface area contributed by atoms with Crippen LogP contribution in [0.5, 0.6) is 11.6 Å². The normalized spacial score (nSPS) is 16.0. The first-order chi connectivity index (χ1) is 16.3. The number of nitrogens with one attached hydrogen (secondary N) is 1. The van der Waals surface area contributed by atoms with E-state index in [-0.39, 0.29) is 41.7 Å². The molecule has 194 valence electrons. The van der Waals surface area contributed by atoms with Crippen LogP contribution < -0.4 is 24.8 Å². The van der Waals surface area contributed by atoms with Gasteiger partial charge in [0, 0.05) is 25.0 Å². The standard InChI is InChI=1S/C21H29F2N5O6S/c1-5-27-11-17(19(26-27)32-12-18(22)23)35(30,31)28-10-14(9-24)33-16-7-6-13(8-15(16)28)25-20(29)34-21(2,3)4/h6-8,11,14,18H,5,9-10,12,24H2,1-4H3,(H,25,29)/t14-/m0/s1. The first kappa shape index (κ1) is 26.5. The van der Waals surface area contributed by atoms with Gasteiger partial charge in [0.05, 0.1) is 12.2 Å². The molecule has 0 radical (unpaired) electrons. The Morgan fingerprint density at radius 1 is 1.37 bits per heavy atom. The molecule has 14 heteroatoms. The van der Waals surface area contributed by atoms with Gasteiger partial charge in [0.2, 0.25) is 0 Å². The number of rotatable bonds is 8. The minimum absolute atomic E-state index is 0.0202. The Balaban J connectivity index is 2.02. The molecule has 2 aromatic rings. The molecule has 1 aliphatic heterocycles. The van der Waals surface area contributed by atoms with Crippen LogP contribution in [0.15, 0.2) is 29.3 Å². The molecule has 3 N–H and O–H groups in total. The van der Waals surface area contributed by atoms with Gasteiger partial charge in [-0.05, 0) is 45.9 Å². The third-order valence-electron chi connectivity index (χ3n) is 4.73. The fraction of sp³-hybridized carbons (Fsp3) is 0.524. The lowest BCUT2D eigenvalue weighted by atomic mass is 10.2. The summed E-state index contributed by atoms with van der Waals surface area (Å²) in [6.45, 7) is 5.97. The molecule has 0 spiro atoms. The van der Waals surface area contributed by atoms with Crippen LogP contribution in [0.25, 0.3) is 0 Å². The Kier molecular flexibility index (Phi) is 7.74. The zero-order valence-corrected chi connectivity index (χ0v) is 20.6. The van der Waals surface area contributed by atoms with Gasteiger partial charge in [0.25, 0.3) is 22.3 Å². The van der Waals surface area contributed by atoms with E-state index in [1.807, 2.05) is 0 Å². The number of carbonyl (C=O) groups excluding carboxylic acids is 1. The maximum absolute atomic E-state index is 13.7. The highest BCUT2D eigenvalue weighted by atomic mass is 32.2. The summed E-state index contributed by atoms with van der Waals surface area (Å²) in [7, 11) is -4.36. The van der Waals surface area contributed by atoms with Gasteiger partial charge in [-0.2, -0.15) is 0 Å². The zero-order chi connectivity index (χ0) is 26.0. The molecule has 0 fully saturated rings. The van der Waals surface area contributed by atoms with Crippen LogP contribution in [-0.4, -0.2) is 62.1 Å².